The van der Waals surface area contributed by atoms with Crippen LogP contribution < -0.4 is 4.74 Å². The minimum Gasteiger partial charge on any atom is -0.435 e. The van der Waals surface area contributed by atoms with Gasteiger partial charge in [0.15, 0.2) is 5.75 Å². The summed E-state index contributed by atoms with van der Waals surface area (Å²) >= 11 is 0. The Labute approximate surface area is 104 Å². The molecule has 0 amide bonds. The highest BCUT2D eigenvalue weighted by Crippen LogP contribution is 2.30. The second-order valence-corrected chi connectivity index (χ2v) is 3.89. The predicted molar refractivity (Wildman–Crippen MR) is 68.4 cm³/mol. The Hall–Kier alpha value is -2.55. The SMILES string of the molecule is [O]c1ccccc1Oc1ccc2ccccc2n1. The molecular formula is C15H10NO2. The monoisotopic (exact) mass is 236 g/mol. The zero-order chi connectivity index (χ0) is 12.4. The molecule has 0 saturated carbocycles. The summed E-state index contributed by atoms with van der Waals surface area (Å²) in [5.74, 6) is 0.574. The molecule has 0 atom stereocenters. The average Bonchev–Trinajstić information content (AvgIpc) is 2.41. The maximum absolute atomic E-state index is 11.5. The molecule has 3 aromatic rings. The summed E-state index contributed by atoms with van der Waals surface area (Å²) in [6, 6.07) is 18.0. The van der Waals surface area contributed by atoms with Crippen LogP contribution in [0.4, 0.5) is 0 Å². The van der Waals surface area contributed by atoms with E-state index in [9.17, 15) is 5.11 Å². The van der Waals surface area contributed by atoms with E-state index in [2.05, 4.69) is 4.98 Å². The van der Waals surface area contributed by atoms with Gasteiger partial charge >= 0.3 is 0 Å². The van der Waals surface area contributed by atoms with Gasteiger partial charge in [0.1, 0.15) is 0 Å². The number of hydrogen-bond acceptors (Lipinski definition) is 2. The Balaban J connectivity index is 1.98. The first-order valence-electron chi connectivity index (χ1n) is 5.62. The van der Waals surface area contributed by atoms with E-state index in [1.165, 1.54) is 6.07 Å². The molecule has 0 aliphatic carbocycles. The number of aromatic nitrogens is 1. The number of rotatable bonds is 2. The van der Waals surface area contributed by atoms with Crippen LogP contribution in [0.5, 0.6) is 17.4 Å². The lowest BCUT2D eigenvalue weighted by Gasteiger charge is -2.05. The number of benzene rings is 2. The molecule has 0 aliphatic rings. The zero-order valence-corrected chi connectivity index (χ0v) is 9.54. The Morgan fingerprint density at radius 1 is 0.833 bits per heavy atom. The van der Waals surface area contributed by atoms with Gasteiger partial charge in [-0.05, 0) is 24.3 Å². The van der Waals surface area contributed by atoms with Gasteiger partial charge in [-0.25, -0.2) is 4.98 Å². The van der Waals surface area contributed by atoms with E-state index in [4.69, 9.17) is 4.74 Å². The van der Waals surface area contributed by atoms with Crippen molar-refractivity contribution >= 4 is 10.9 Å². The molecule has 3 rings (SSSR count). The molecule has 0 spiro atoms. The first kappa shape index (κ1) is 10.6. The first-order chi connectivity index (χ1) is 8.83. The lowest BCUT2D eigenvalue weighted by atomic mass is 10.2. The highest BCUT2D eigenvalue weighted by atomic mass is 16.5. The smallest absolute Gasteiger partial charge is 0.221 e. The van der Waals surface area contributed by atoms with E-state index >= 15 is 0 Å². The minimum atomic E-state index is -0.146. The van der Waals surface area contributed by atoms with Crippen LogP contribution in [0.25, 0.3) is 10.9 Å². The minimum absolute atomic E-state index is 0.146. The van der Waals surface area contributed by atoms with Crippen molar-refractivity contribution in [3.63, 3.8) is 0 Å². The summed E-state index contributed by atoms with van der Waals surface area (Å²) in [6.07, 6.45) is 0. The summed E-state index contributed by atoms with van der Waals surface area (Å²) in [5.41, 5.74) is 0.846. The van der Waals surface area contributed by atoms with Crippen LogP contribution in [0.1, 0.15) is 0 Å². The highest BCUT2D eigenvalue weighted by molar-refractivity contribution is 5.78. The molecule has 1 heterocycles. The molecule has 3 heteroatoms. The maximum atomic E-state index is 11.5. The van der Waals surface area contributed by atoms with Crippen molar-refractivity contribution in [3.8, 4) is 17.4 Å². The number of fused-ring (bicyclic) bond motifs is 1. The molecule has 0 unspecified atom stereocenters. The van der Waals surface area contributed by atoms with Gasteiger partial charge in [-0.15, -0.1) is 0 Å². The molecule has 2 aromatic carbocycles. The Kier molecular flexibility index (Phi) is 2.57. The first-order valence-corrected chi connectivity index (χ1v) is 5.62. The van der Waals surface area contributed by atoms with Crippen molar-refractivity contribution in [2.45, 2.75) is 0 Å². The van der Waals surface area contributed by atoms with Crippen LogP contribution in [-0.2, 0) is 5.11 Å². The Morgan fingerprint density at radius 3 is 2.50 bits per heavy atom. The Morgan fingerprint density at radius 2 is 1.61 bits per heavy atom. The molecule has 0 saturated heterocycles. The van der Waals surface area contributed by atoms with Gasteiger partial charge in [-0.1, -0.05) is 30.3 Å². The predicted octanol–water partition coefficient (Wildman–Crippen LogP) is 4.17. The van der Waals surface area contributed by atoms with Crippen molar-refractivity contribution in [2.24, 2.45) is 0 Å². The van der Waals surface area contributed by atoms with Crippen molar-refractivity contribution in [1.29, 1.82) is 0 Å². The molecular weight excluding hydrogens is 226 g/mol. The van der Waals surface area contributed by atoms with E-state index in [1.54, 1.807) is 24.3 Å². The summed E-state index contributed by atoms with van der Waals surface area (Å²) in [6.45, 7) is 0. The van der Waals surface area contributed by atoms with Gasteiger partial charge < -0.3 is 4.74 Å². The van der Waals surface area contributed by atoms with Gasteiger partial charge in [0, 0.05) is 11.5 Å². The van der Waals surface area contributed by atoms with Crippen LogP contribution >= 0.6 is 0 Å². The van der Waals surface area contributed by atoms with Gasteiger partial charge in [-0.3, -0.25) is 5.11 Å². The normalized spacial score (nSPS) is 10.4. The molecule has 0 fully saturated rings. The highest BCUT2D eigenvalue weighted by Gasteiger charge is 2.05. The van der Waals surface area contributed by atoms with Crippen molar-refractivity contribution in [3.05, 3.63) is 60.7 Å². The second-order valence-electron chi connectivity index (χ2n) is 3.89. The average molecular weight is 236 g/mol. The van der Waals surface area contributed by atoms with Crippen molar-refractivity contribution in [2.75, 3.05) is 0 Å². The van der Waals surface area contributed by atoms with Crippen LogP contribution in [0, 0.1) is 0 Å². The molecule has 0 N–H and O–H groups in total. The third-order valence-electron chi connectivity index (χ3n) is 2.64. The number of hydrogen-bond donors (Lipinski definition) is 0. The molecule has 0 bridgehead atoms. The fourth-order valence-electron chi connectivity index (χ4n) is 1.75. The number of ether oxygens (including phenoxy) is 1. The molecule has 87 valence electrons. The van der Waals surface area contributed by atoms with Crippen LogP contribution in [-0.4, -0.2) is 4.98 Å². The number of para-hydroxylation sites is 3. The van der Waals surface area contributed by atoms with E-state index < -0.39 is 0 Å². The number of nitrogens with zero attached hydrogens (tertiary/aromatic N) is 1. The fraction of sp³-hybridized carbons (Fsp3) is 0. The third kappa shape index (κ3) is 1.98. The van der Waals surface area contributed by atoms with Gasteiger partial charge in [0.25, 0.3) is 0 Å². The van der Waals surface area contributed by atoms with Gasteiger partial charge in [0.05, 0.1) is 5.52 Å². The molecule has 1 aromatic heterocycles. The topological polar surface area (TPSA) is 42.0 Å². The van der Waals surface area contributed by atoms with Gasteiger partial charge in [-0.2, -0.15) is 0 Å². The van der Waals surface area contributed by atoms with Crippen LogP contribution in [0.15, 0.2) is 60.7 Å². The summed E-state index contributed by atoms with van der Waals surface area (Å²) < 4.78 is 5.49. The summed E-state index contributed by atoms with van der Waals surface area (Å²) in [5, 5.41) is 12.6. The third-order valence-corrected chi connectivity index (χ3v) is 2.64. The standard InChI is InChI=1S/C15H10NO2/c17-13-7-3-4-8-14(13)18-15-10-9-11-5-1-2-6-12(11)16-15/h1-10H. The molecule has 0 aliphatic heterocycles. The molecule has 3 nitrogen and oxygen atoms in total. The van der Waals surface area contributed by atoms with E-state index in [1.807, 2.05) is 30.3 Å². The molecule has 18 heavy (non-hydrogen) atoms. The second kappa shape index (κ2) is 4.37. The number of pyridine rings is 1. The summed E-state index contributed by atoms with van der Waals surface area (Å²) in [7, 11) is 0. The van der Waals surface area contributed by atoms with Crippen molar-refractivity contribution in [1.82, 2.24) is 4.98 Å². The maximum Gasteiger partial charge on any atom is 0.221 e. The van der Waals surface area contributed by atoms with E-state index in [-0.39, 0.29) is 5.75 Å². The fourth-order valence-corrected chi connectivity index (χ4v) is 1.75. The lowest BCUT2D eigenvalue weighted by Crippen LogP contribution is -1.88. The summed E-state index contributed by atoms with van der Waals surface area (Å²) in [4.78, 5) is 4.35. The van der Waals surface area contributed by atoms with Gasteiger partial charge in [0.2, 0.25) is 11.6 Å². The Bertz CT molecular complexity index is 695. The van der Waals surface area contributed by atoms with E-state index in [0.29, 0.717) is 11.6 Å². The van der Waals surface area contributed by atoms with E-state index in [0.717, 1.165) is 10.9 Å². The largest absolute Gasteiger partial charge is 0.435 e. The van der Waals surface area contributed by atoms with Crippen LogP contribution in [0.2, 0.25) is 0 Å². The van der Waals surface area contributed by atoms with Crippen LogP contribution in [0.3, 0.4) is 0 Å². The van der Waals surface area contributed by atoms with Crippen molar-refractivity contribution < 1.29 is 9.84 Å². The lowest BCUT2D eigenvalue weighted by molar-refractivity contribution is 0.327. The quantitative estimate of drug-likeness (QED) is 0.670. The zero-order valence-electron chi connectivity index (χ0n) is 9.54. The molecule has 1 radical (unpaired) electrons.